The lowest BCUT2D eigenvalue weighted by atomic mass is 10.2. The number of urea groups is 1. The zero-order valence-electron chi connectivity index (χ0n) is 16.3. The third-order valence-electron chi connectivity index (χ3n) is 4.00. The smallest absolute Gasteiger partial charge is 0.322 e. The zero-order chi connectivity index (χ0) is 19.8. The number of benzene rings is 1. The van der Waals surface area contributed by atoms with Gasteiger partial charge in [-0.2, -0.15) is 0 Å². The molecule has 27 heavy (non-hydrogen) atoms. The van der Waals surface area contributed by atoms with Crippen molar-refractivity contribution in [3.63, 3.8) is 0 Å². The summed E-state index contributed by atoms with van der Waals surface area (Å²) < 4.78 is 0. The van der Waals surface area contributed by atoms with Gasteiger partial charge in [0.05, 0.1) is 0 Å². The summed E-state index contributed by atoms with van der Waals surface area (Å²) in [5.74, 6) is -0.147. The van der Waals surface area contributed by atoms with E-state index >= 15 is 0 Å². The van der Waals surface area contributed by atoms with Crippen LogP contribution in [0.5, 0.6) is 0 Å². The molecule has 2 aromatic rings. The number of nitrogens with zero attached hydrogens (tertiary/aromatic N) is 3. The van der Waals surface area contributed by atoms with Gasteiger partial charge < -0.3 is 20.4 Å². The van der Waals surface area contributed by atoms with E-state index in [1.807, 2.05) is 50.2 Å². The molecular formula is C20H27N5O2. The summed E-state index contributed by atoms with van der Waals surface area (Å²) in [5, 5.41) is 5.70. The summed E-state index contributed by atoms with van der Waals surface area (Å²) in [5.41, 5.74) is 3.22. The fourth-order valence-electron chi connectivity index (χ4n) is 2.51. The number of amides is 3. The van der Waals surface area contributed by atoms with Crippen LogP contribution in [0, 0.1) is 6.92 Å². The second kappa shape index (κ2) is 9.68. The molecule has 0 aliphatic rings. The molecule has 1 aromatic carbocycles. The average molecular weight is 369 g/mol. The minimum atomic E-state index is -0.196. The quantitative estimate of drug-likeness (QED) is 0.787. The molecule has 3 amide bonds. The van der Waals surface area contributed by atoms with Crippen LogP contribution in [0.1, 0.15) is 18.1 Å². The zero-order valence-corrected chi connectivity index (χ0v) is 16.3. The molecule has 0 aliphatic heterocycles. The third kappa shape index (κ3) is 6.71. The molecule has 144 valence electrons. The highest BCUT2D eigenvalue weighted by atomic mass is 16.2. The van der Waals surface area contributed by atoms with Gasteiger partial charge in [-0.05, 0) is 50.3 Å². The van der Waals surface area contributed by atoms with Gasteiger partial charge in [0, 0.05) is 50.3 Å². The van der Waals surface area contributed by atoms with Gasteiger partial charge in [0.15, 0.2) is 0 Å². The third-order valence-corrected chi connectivity index (χ3v) is 4.00. The number of carbonyl (C=O) groups is 2. The Hall–Kier alpha value is -2.93. The molecule has 2 N–H and O–H groups in total. The van der Waals surface area contributed by atoms with E-state index in [-0.39, 0.29) is 11.9 Å². The van der Waals surface area contributed by atoms with Crippen molar-refractivity contribution in [1.29, 1.82) is 0 Å². The van der Waals surface area contributed by atoms with E-state index in [0.29, 0.717) is 24.5 Å². The van der Waals surface area contributed by atoms with Crippen LogP contribution >= 0.6 is 0 Å². The summed E-state index contributed by atoms with van der Waals surface area (Å²) in [7, 11) is 3.94. The van der Waals surface area contributed by atoms with Gasteiger partial charge in [-0.25, -0.2) is 4.79 Å². The van der Waals surface area contributed by atoms with Crippen LogP contribution in [0.3, 0.4) is 0 Å². The lowest BCUT2D eigenvalue weighted by molar-refractivity contribution is -0.114. The van der Waals surface area contributed by atoms with Crippen molar-refractivity contribution in [3.05, 3.63) is 53.9 Å². The SMILES string of the molecule is CC(=O)Nc1cc(NC(=O)N(CCN(C)C)Cc2cccnc2)ccc1C. The number of aromatic nitrogens is 1. The van der Waals surface area contributed by atoms with Gasteiger partial charge in [-0.3, -0.25) is 9.78 Å². The highest BCUT2D eigenvalue weighted by molar-refractivity contribution is 5.93. The van der Waals surface area contributed by atoms with E-state index < -0.39 is 0 Å². The minimum Gasteiger partial charge on any atom is -0.326 e. The first-order chi connectivity index (χ1) is 12.8. The number of hydrogen-bond acceptors (Lipinski definition) is 4. The van der Waals surface area contributed by atoms with E-state index in [4.69, 9.17) is 0 Å². The molecule has 0 aliphatic carbocycles. The van der Waals surface area contributed by atoms with E-state index in [0.717, 1.165) is 17.7 Å². The maximum atomic E-state index is 12.8. The Kier molecular flexibility index (Phi) is 7.31. The van der Waals surface area contributed by atoms with Gasteiger partial charge in [0.1, 0.15) is 0 Å². The number of anilines is 2. The minimum absolute atomic E-state index is 0.147. The van der Waals surface area contributed by atoms with E-state index in [2.05, 4.69) is 15.6 Å². The largest absolute Gasteiger partial charge is 0.326 e. The second-order valence-electron chi connectivity index (χ2n) is 6.73. The topological polar surface area (TPSA) is 77.6 Å². The fourth-order valence-corrected chi connectivity index (χ4v) is 2.51. The number of nitrogens with one attached hydrogen (secondary N) is 2. The number of pyridine rings is 1. The van der Waals surface area contributed by atoms with Crippen molar-refractivity contribution in [2.75, 3.05) is 37.8 Å². The Bertz CT molecular complexity index is 777. The van der Waals surface area contributed by atoms with Gasteiger partial charge in [0.25, 0.3) is 0 Å². The number of hydrogen-bond donors (Lipinski definition) is 2. The first kappa shape index (κ1) is 20.4. The predicted molar refractivity (Wildman–Crippen MR) is 108 cm³/mol. The van der Waals surface area contributed by atoms with Crippen LogP contribution in [0.15, 0.2) is 42.7 Å². The molecule has 7 heteroatoms. The molecule has 0 spiro atoms. The normalized spacial score (nSPS) is 10.6. The molecule has 2 rings (SSSR count). The van der Waals surface area contributed by atoms with Crippen molar-refractivity contribution in [3.8, 4) is 0 Å². The number of carbonyl (C=O) groups excluding carboxylic acids is 2. The van der Waals surface area contributed by atoms with Crippen molar-refractivity contribution in [2.24, 2.45) is 0 Å². The lowest BCUT2D eigenvalue weighted by Crippen LogP contribution is -2.39. The Morgan fingerprint density at radius 2 is 1.89 bits per heavy atom. The van der Waals surface area contributed by atoms with Crippen molar-refractivity contribution >= 4 is 23.3 Å². The van der Waals surface area contributed by atoms with Crippen LogP contribution < -0.4 is 10.6 Å². The maximum absolute atomic E-state index is 12.8. The van der Waals surface area contributed by atoms with Gasteiger partial charge in [0.2, 0.25) is 5.91 Å². The molecule has 1 aromatic heterocycles. The summed E-state index contributed by atoms with van der Waals surface area (Å²) in [6.45, 7) is 5.17. The number of rotatable bonds is 7. The molecule has 0 radical (unpaired) electrons. The monoisotopic (exact) mass is 369 g/mol. The first-order valence-corrected chi connectivity index (χ1v) is 8.83. The highest BCUT2D eigenvalue weighted by Crippen LogP contribution is 2.21. The Balaban J connectivity index is 2.13. The van der Waals surface area contributed by atoms with Crippen LogP contribution in [0.25, 0.3) is 0 Å². The Morgan fingerprint density at radius 1 is 1.11 bits per heavy atom. The molecule has 1 heterocycles. The first-order valence-electron chi connectivity index (χ1n) is 8.83. The van der Waals surface area contributed by atoms with Gasteiger partial charge in [-0.1, -0.05) is 12.1 Å². The molecule has 0 saturated heterocycles. The molecular weight excluding hydrogens is 342 g/mol. The molecule has 0 bridgehead atoms. The van der Waals surface area contributed by atoms with Crippen LogP contribution in [0.2, 0.25) is 0 Å². The summed E-state index contributed by atoms with van der Waals surface area (Å²) in [6, 6.07) is 9.07. The Morgan fingerprint density at radius 3 is 2.52 bits per heavy atom. The Labute approximate surface area is 160 Å². The van der Waals surface area contributed by atoms with E-state index in [1.165, 1.54) is 6.92 Å². The van der Waals surface area contributed by atoms with E-state index in [9.17, 15) is 9.59 Å². The molecule has 0 saturated carbocycles. The predicted octanol–water partition coefficient (Wildman–Crippen LogP) is 2.94. The standard InChI is InChI=1S/C20H27N5O2/c1-15-7-8-18(12-19(15)22-16(2)26)23-20(27)25(11-10-24(3)4)14-17-6-5-9-21-13-17/h5-9,12-13H,10-11,14H2,1-4H3,(H,22,26)(H,23,27). The summed E-state index contributed by atoms with van der Waals surface area (Å²) in [6.07, 6.45) is 3.47. The summed E-state index contributed by atoms with van der Waals surface area (Å²) >= 11 is 0. The highest BCUT2D eigenvalue weighted by Gasteiger charge is 2.15. The van der Waals surface area contributed by atoms with Gasteiger partial charge in [-0.15, -0.1) is 0 Å². The van der Waals surface area contributed by atoms with Crippen molar-refractivity contribution in [2.45, 2.75) is 20.4 Å². The molecule has 7 nitrogen and oxygen atoms in total. The number of likely N-dealkylation sites (N-methyl/N-ethyl adjacent to an activating group) is 1. The van der Waals surface area contributed by atoms with Crippen molar-refractivity contribution in [1.82, 2.24) is 14.8 Å². The average Bonchev–Trinajstić information content (AvgIpc) is 2.61. The van der Waals surface area contributed by atoms with Gasteiger partial charge >= 0.3 is 6.03 Å². The maximum Gasteiger partial charge on any atom is 0.322 e. The fraction of sp³-hybridized carbons (Fsp3) is 0.350. The molecule has 0 atom stereocenters. The molecule has 0 unspecified atom stereocenters. The number of aryl methyl sites for hydroxylation is 1. The van der Waals surface area contributed by atoms with Crippen LogP contribution in [-0.4, -0.2) is 53.9 Å². The van der Waals surface area contributed by atoms with Crippen molar-refractivity contribution < 1.29 is 9.59 Å². The molecule has 0 fully saturated rings. The summed E-state index contributed by atoms with van der Waals surface area (Å²) in [4.78, 5) is 32.1. The van der Waals surface area contributed by atoms with E-state index in [1.54, 1.807) is 23.4 Å². The van der Waals surface area contributed by atoms with Crippen LogP contribution in [-0.2, 0) is 11.3 Å². The second-order valence-corrected chi connectivity index (χ2v) is 6.73. The van der Waals surface area contributed by atoms with Crippen LogP contribution in [0.4, 0.5) is 16.2 Å². The lowest BCUT2D eigenvalue weighted by Gasteiger charge is -2.25.